The number of esters is 2. The SMILES string of the molecule is COC(=O)CCCC(=O)Oc1cc(-n2c(Cl)c(C(C)(C)C)oc2=O)c(F)cc1Cl. The van der Waals surface area contributed by atoms with Gasteiger partial charge < -0.3 is 13.9 Å². The summed E-state index contributed by atoms with van der Waals surface area (Å²) in [5, 5.41) is -0.268. The maximum absolute atomic E-state index is 14.5. The molecule has 0 unspecified atom stereocenters. The normalized spacial score (nSPS) is 11.4. The third kappa shape index (κ3) is 5.39. The van der Waals surface area contributed by atoms with E-state index in [9.17, 15) is 18.8 Å². The number of oxazole rings is 1. The molecule has 29 heavy (non-hydrogen) atoms. The molecule has 0 bridgehead atoms. The lowest BCUT2D eigenvalue weighted by molar-refractivity contribution is -0.141. The molecule has 1 heterocycles. The third-order valence-corrected chi connectivity index (χ3v) is 4.53. The van der Waals surface area contributed by atoms with Crippen LogP contribution in [-0.4, -0.2) is 23.6 Å². The molecule has 2 rings (SSSR count). The summed E-state index contributed by atoms with van der Waals surface area (Å²) in [4.78, 5) is 35.4. The largest absolute Gasteiger partial charge is 0.469 e. The summed E-state index contributed by atoms with van der Waals surface area (Å²) >= 11 is 12.2. The Morgan fingerprint density at radius 3 is 2.34 bits per heavy atom. The van der Waals surface area contributed by atoms with Crippen LogP contribution in [0.5, 0.6) is 5.75 Å². The van der Waals surface area contributed by atoms with Crippen LogP contribution in [0.1, 0.15) is 45.8 Å². The maximum atomic E-state index is 14.5. The first-order chi connectivity index (χ1) is 13.5. The van der Waals surface area contributed by atoms with Crippen molar-refractivity contribution in [1.29, 1.82) is 0 Å². The van der Waals surface area contributed by atoms with Crippen LogP contribution in [0.25, 0.3) is 5.69 Å². The highest BCUT2D eigenvalue weighted by Gasteiger charge is 2.28. The van der Waals surface area contributed by atoms with Crippen molar-refractivity contribution >= 4 is 35.1 Å². The van der Waals surface area contributed by atoms with E-state index in [0.29, 0.717) is 0 Å². The highest BCUT2D eigenvalue weighted by molar-refractivity contribution is 6.32. The molecule has 0 saturated heterocycles. The van der Waals surface area contributed by atoms with Crippen molar-refractivity contribution in [1.82, 2.24) is 4.57 Å². The second kappa shape index (κ2) is 9.00. The second-order valence-electron chi connectivity index (χ2n) is 7.21. The first-order valence-corrected chi connectivity index (χ1v) is 9.40. The number of rotatable bonds is 6. The highest BCUT2D eigenvalue weighted by atomic mass is 35.5. The van der Waals surface area contributed by atoms with Crippen molar-refractivity contribution in [2.75, 3.05) is 7.11 Å². The fourth-order valence-electron chi connectivity index (χ4n) is 2.44. The average Bonchev–Trinajstić information content (AvgIpc) is 2.92. The lowest BCUT2D eigenvalue weighted by Gasteiger charge is -2.15. The Morgan fingerprint density at radius 1 is 1.17 bits per heavy atom. The number of carbonyl (C=O) groups excluding carboxylic acids is 2. The van der Waals surface area contributed by atoms with Crippen molar-refractivity contribution < 1.29 is 27.9 Å². The second-order valence-corrected chi connectivity index (χ2v) is 7.98. The van der Waals surface area contributed by atoms with Gasteiger partial charge in [0, 0.05) is 24.3 Å². The Balaban J connectivity index is 2.33. The Hall–Kier alpha value is -2.32. The molecule has 0 spiro atoms. The van der Waals surface area contributed by atoms with Crippen LogP contribution in [0.4, 0.5) is 4.39 Å². The fourth-order valence-corrected chi connectivity index (χ4v) is 3.12. The summed E-state index contributed by atoms with van der Waals surface area (Å²) in [6.45, 7) is 5.34. The van der Waals surface area contributed by atoms with Crippen LogP contribution in [0, 0.1) is 5.82 Å². The van der Waals surface area contributed by atoms with Crippen molar-refractivity contribution in [2.45, 2.75) is 45.4 Å². The molecule has 1 aromatic heterocycles. The van der Waals surface area contributed by atoms with E-state index in [2.05, 4.69) is 4.74 Å². The number of methoxy groups -OCH3 is 1. The molecule has 158 valence electrons. The van der Waals surface area contributed by atoms with Gasteiger partial charge in [0.2, 0.25) is 0 Å². The predicted octanol–water partition coefficient (Wildman–Crippen LogP) is 4.42. The minimum Gasteiger partial charge on any atom is -0.469 e. The number of carbonyl (C=O) groups is 2. The van der Waals surface area contributed by atoms with Crippen LogP contribution in [0.2, 0.25) is 10.2 Å². The Labute approximate surface area is 176 Å². The van der Waals surface area contributed by atoms with E-state index >= 15 is 0 Å². The molecule has 0 saturated carbocycles. The predicted molar refractivity (Wildman–Crippen MR) is 104 cm³/mol. The van der Waals surface area contributed by atoms with Gasteiger partial charge in [0.25, 0.3) is 0 Å². The van der Waals surface area contributed by atoms with E-state index in [1.807, 2.05) is 0 Å². The monoisotopic (exact) mass is 447 g/mol. The number of aromatic nitrogens is 1. The minimum absolute atomic E-state index is 0.0452. The van der Waals surface area contributed by atoms with Crippen LogP contribution >= 0.6 is 23.2 Å². The number of nitrogens with zero attached hydrogens (tertiary/aromatic N) is 1. The zero-order chi connectivity index (χ0) is 21.9. The van der Waals surface area contributed by atoms with Gasteiger partial charge in [-0.25, -0.2) is 13.8 Å². The highest BCUT2D eigenvalue weighted by Crippen LogP contribution is 2.34. The molecule has 7 nitrogen and oxygen atoms in total. The quantitative estimate of drug-likeness (QED) is 0.480. The van der Waals surface area contributed by atoms with Gasteiger partial charge >= 0.3 is 17.7 Å². The van der Waals surface area contributed by atoms with Crippen molar-refractivity contribution in [2.24, 2.45) is 0 Å². The lowest BCUT2D eigenvalue weighted by atomic mass is 9.94. The molecule has 0 aliphatic carbocycles. The van der Waals surface area contributed by atoms with Crippen LogP contribution in [0.3, 0.4) is 0 Å². The van der Waals surface area contributed by atoms with E-state index in [1.165, 1.54) is 7.11 Å². The summed E-state index contributed by atoms with van der Waals surface area (Å²) in [5.41, 5.74) is -0.875. The summed E-state index contributed by atoms with van der Waals surface area (Å²) < 4.78 is 30.2. The first-order valence-electron chi connectivity index (χ1n) is 8.64. The number of benzene rings is 1. The van der Waals surface area contributed by atoms with Gasteiger partial charge in [0.05, 0.1) is 17.8 Å². The Morgan fingerprint density at radius 2 is 1.79 bits per heavy atom. The number of hydrogen-bond acceptors (Lipinski definition) is 6. The zero-order valence-corrected chi connectivity index (χ0v) is 17.8. The molecule has 0 aliphatic rings. The summed E-state index contributed by atoms with van der Waals surface area (Å²) in [5.74, 6) is -2.87. The van der Waals surface area contributed by atoms with E-state index < -0.39 is 28.9 Å². The Bertz CT molecular complexity index is 990. The van der Waals surface area contributed by atoms with E-state index in [4.69, 9.17) is 32.4 Å². The van der Waals surface area contributed by atoms with Gasteiger partial charge in [-0.1, -0.05) is 44.0 Å². The first kappa shape index (κ1) is 23.0. The number of halogens is 3. The molecule has 0 radical (unpaired) electrons. The van der Waals surface area contributed by atoms with Gasteiger partial charge in [-0.05, 0) is 12.5 Å². The fraction of sp³-hybridized carbons (Fsp3) is 0.421. The van der Waals surface area contributed by atoms with Crippen molar-refractivity contribution in [3.8, 4) is 11.4 Å². The minimum atomic E-state index is -0.892. The van der Waals surface area contributed by atoms with Crippen LogP contribution < -0.4 is 10.5 Å². The van der Waals surface area contributed by atoms with Gasteiger partial charge in [0.15, 0.2) is 16.7 Å². The molecule has 0 aliphatic heterocycles. The molecule has 0 N–H and O–H groups in total. The molecule has 10 heteroatoms. The smallest absolute Gasteiger partial charge is 0.425 e. The molecule has 1 aromatic carbocycles. The number of hydrogen-bond donors (Lipinski definition) is 0. The molecule has 0 atom stereocenters. The van der Waals surface area contributed by atoms with Crippen molar-refractivity contribution in [3.05, 3.63) is 44.4 Å². The standard InChI is InChI=1S/C19H20Cl2FNO6/c1-19(2,3)16-17(21)23(18(26)29-16)12-9-13(10(20)8-11(12)22)28-15(25)7-5-6-14(24)27-4/h8-9H,5-7H2,1-4H3. The van der Waals surface area contributed by atoms with Crippen molar-refractivity contribution in [3.63, 3.8) is 0 Å². The molecule has 0 amide bonds. The zero-order valence-electron chi connectivity index (χ0n) is 16.3. The van der Waals surface area contributed by atoms with Gasteiger partial charge in [-0.2, -0.15) is 0 Å². The third-order valence-electron chi connectivity index (χ3n) is 3.89. The summed E-state index contributed by atoms with van der Waals surface area (Å²) in [6, 6.07) is 1.99. The molecule has 0 fully saturated rings. The van der Waals surface area contributed by atoms with Gasteiger partial charge in [-0.3, -0.25) is 9.59 Å². The molecule has 2 aromatic rings. The van der Waals surface area contributed by atoms with E-state index in [-0.39, 0.29) is 46.6 Å². The molecular weight excluding hydrogens is 428 g/mol. The molecular formula is C19H20Cl2FNO6. The van der Waals surface area contributed by atoms with E-state index in [0.717, 1.165) is 16.7 Å². The van der Waals surface area contributed by atoms with Crippen LogP contribution in [-0.2, 0) is 19.7 Å². The topological polar surface area (TPSA) is 87.7 Å². The Kier molecular flexibility index (Phi) is 7.13. The van der Waals surface area contributed by atoms with E-state index in [1.54, 1.807) is 20.8 Å². The summed E-state index contributed by atoms with van der Waals surface area (Å²) in [7, 11) is 1.24. The average molecular weight is 448 g/mol. The lowest BCUT2D eigenvalue weighted by Crippen LogP contribution is -2.15. The van der Waals surface area contributed by atoms with Gasteiger partial charge in [0.1, 0.15) is 5.82 Å². The maximum Gasteiger partial charge on any atom is 0.425 e. The summed E-state index contributed by atoms with van der Waals surface area (Å²) in [6.07, 6.45) is 0.168. The van der Waals surface area contributed by atoms with Crippen LogP contribution in [0.15, 0.2) is 21.3 Å². The van der Waals surface area contributed by atoms with Gasteiger partial charge in [-0.15, -0.1) is 0 Å². The number of ether oxygens (including phenoxy) is 2.